The first-order valence-electron chi connectivity index (χ1n) is 7.03. The fourth-order valence-corrected chi connectivity index (χ4v) is 2.39. The summed E-state index contributed by atoms with van der Waals surface area (Å²) >= 11 is 0. The SMILES string of the molecule is Cn1ccc(CC(=O)CCC(CCN)C(C)(C)C)n1. The first-order chi connectivity index (χ1) is 8.82. The lowest BCUT2D eigenvalue weighted by Gasteiger charge is -2.30. The average molecular weight is 265 g/mol. The second-order valence-electron chi connectivity index (χ2n) is 6.38. The van der Waals surface area contributed by atoms with E-state index in [1.807, 2.05) is 19.3 Å². The van der Waals surface area contributed by atoms with Gasteiger partial charge in [-0.15, -0.1) is 0 Å². The van der Waals surface area contributed by atoms with Crippen LogP contribution in [0.2, 0.25) is 0 Å². The zero-order chi connectivity index (χ0) is 14.5. The van der Waals surface area contributed by atoms with E-state index >= 15 is 0 Å². The minimum absolute atomic E-state index is 0.213. The predicted octanol–water partition coefficient (Wildman–Crippen LogP) is 2.32. The minimum atomic E-state index is 0.213. The number of nitrogens with zero attached hydrogens (tertiary/aromatic N) is 2. The number of hydrogen-bond donors (Lipinski definition) is 1. The Hall–Kier alpha value is -1.16. The van der Waals surface area contributed by atoms with Crippen molar-refractivity contribution in [3.05, 3.63) is 18.0 Å². The average Bonchev–Trinajstić information content (AvgIpc) is 2.68. The molecule has 0 aromatic carbocycles. The maximum absolute atomic E-state index is 12.0. The summed E-state index contributed by atoms with van der Waals surface area (Å²) in [5.74, 6) is 0.773. The molecule has 0 fully saturated rings. The molecule has 0 saturated carbocycles. The van der Waals surface area contributed by atoms with E-state index in [1.54, 1.807) is 4.68 Å². The third-order valence-electron chi connectivity index (χ3n) is 3.66. The Morgan fingerprint density at radius 1 is 1.42 bits per heavy atom. The fraction of sp³-hybridized carbons (Fsp3) is 0.733. The molecule has 1 rings (SSSR count). The summed E-state index contributed by atoms with van der Waals surface area (Å²) < 4.78 is 1.73. The number of aromatic nitrogens is 2. The van der Waals surface area contributed by atoms with Gasteiger partial charge in [0.2, 0.25) is 0 Å². The van der Waals surface area contributed by atoms with Crippen molar-refractivity contribution >= 4 is 5.78 Å². The number of aryl methyl sites for hydroxylation is 1. The largest absolute Gasteiger partial charge is 0.330 e. The number of ketones is 1. The summed E-state index contributed by atoms with van der Waals surface area (Å²) in [6, 6.07) is 1.90. The van der Waals surface area contributed by atoms with Crippen molar-refractivity contribution in [2.45, 2.75) is 46.5 Å². The van der Waals surface area contributed by atoms with Crippen LogP contribution in [-0.4, -0.2) is 22.1 Å². The number of hydrogen-bond acceptors (Lipinski definition) is 3. The molecule has 0 aliphatic heterocycles. The van der Waals surface area contributed by atoms with Gasteiger partial charge in [0.05, 0.1) is 12.1 Å². The summed E-state index contributed by atoms with van der Waals surface area (Å²) in [5.41, 5.74) is 6.73. The summed E-state index contributed by atoms with van der Waals surface area (Å²) in [6.45, 7) is 7.35. The molecule has 0 radical (unpaired) electrons. The Morgan fingerprint density at radius 3 is 2.58 bits per heavy atom. The van der Waals surface area contributed by atoms with Crippen LogP contribution in [0.3, 0.4) is 0 Å². The standard InChI is InChI=1S/C15H27N3O/c1-15(2,3)12(7-9-16)5-6-14(19)11-13-8-10-18(4)17-13/h8,10,12H,5-7,9,11,16H2,1-4H3. The highest BCUT2D eigenvalue weighted by Crippen LogP contribution is 2.32. The lowest BCUT2D eigenvalue weighted by molar-refractivity contribution is -0.118. The number of nitrogens with two attached hydrogens (primary N) is 1. The molecule has 1 atom stereocenters. The van der Waals surface area contributed by atoms with Crippen LogP contribution in [0.5, 0.6) is 0 Å². The molecule has 1 aromatic rings. The zero-order valence-corrected chi connectivity index (χ0v) is 12.6. The summed E-state index contributed by atoms with van der Waals surface area (Å²) in [6.07, 6.45) is 4.85. The lowest BCUT2D eigenvalue weighted by Crippen LogP contribution is -2.24. The van der Waals surface area contributed by atoms with Gasteiger partial charge in [0.1, 0.15) is 5.78 Å². The molecule has 0 aliphatic carbocycles. The minimum Gasteiger partial charge on any atom is -0.330 e. The Morgan fingerprint density at radius 2 is 2.11 bits per heavy atom. The molecular weight excluding hydrogens is 238 g/mol. The van der Waals surface area contributed by atoms with Gasteiger partial charge in [-0.25, -0.2) is 0 Å². The van der Waals surface area contributed by atoms with Crippen LogP contribution in [0.15, 0.2) is 12.3 Å². The Labute approximate surface area is 116 Å². The highest BCUT2D eigenvalue weighted by molar-refractivity contribution is 5.80. The number of rotatable bonds is 7. The summed E-state index contributed by atoms with van der Waals surface area (Å²) in [4.78, 5) is 12.0. The van der Waals surface area contributed by atoms with Crippen LogP contribution in [-0.2, 0) is 18.3 Å². The molecule has 0 bridgehead atoms. The van der Waals surface area contributed by atoms with Gasteiger partial charge < -0.3 is 5.73 Å². The van der Waals surface area contributed by atoms with Gasteiger partial charge in [-0.2, -0.15) is 5.10 Å². The van der Waals surface area contributed by atoms with Crippen LogP contribution in [0, 0.1) is 11.3 Å². The Kier molecular flexibility index (Phi) is 5.73. The molecule has 1 aromatic heterocycles. The molecule has 1 unspecified atom stereocenters. The topological polar surface area (TPSA) is 60.9 Å². The molecular formula is C15H27N3O. The Balaban J connectivity index is 2.43. The van der Waals surface area contributed by atoms with Crippen LogP contribution in [0.25, 0.3) is 0 Å². The van der Waals surface area contributed by atoms with Gasteiger partial charge in [-0.05, 0) is 36.8 Å². The first-order valence-corrected chi connectivity index (χ1v) is 7.03. The van der Waals surface area contributed by atoms with Crippen LogP contribution < -0.4 is 5.73 Å². The predicted molar refractivity (Wildman–Crippen MR) is 77.8 cm³/mol. The fourth-order valence-electron chi connectivity index (χ4n) is 2.39. The van der Waals surface area contributed by atoms with Gasteiger partial charge >= 0.3 is 0 Å². The molecule has 0 amide bonds. The van der Waals surface area contributed by atoms with E-state index in [0.717, 1.165) is 18.5 Å². The molecule has 2 N–H and O–H groups in total. The highest BCUT2D eigenvalue weighted by Gasteiger charge is 2.24. The monoisotopic (exact) mass is 265 g/mol. The first kappa shape index (κ1) is 15.9. The molecule has 108 valence electrons. The van der Waals surface area contributed by atoms with E-state index in [4.69, 9.17) is 5.73 Å². The van der Waals surface area contributed by atoms with Crippen LogP contribution in [0.4, 0.5) is 0 Å². The van der Waals surface area contributed by atoms with Crippen molar-refractivity contribution in [1.82, 2.24) is 9.78 Å². The van der Waals surface area contributed by atoms with E-state index in [9.17, 15) is 4.79 Å². The molecule has 0 aliphatic rings. The van der Waals surface area contributed by atoms with Crippen LogP contribution >= 0.6 is 0 Å². The number of carbonyl (C=O) groups excluding carboxylic acids is 1. The van der Waals surface area contributed by atoms with Crippen molar-refractivity contribution in [1.29, 1.82) is 0 Å². The van der Waals surface area contributed by atoms with E-state index in [-0.39, 0.29) is 11.2 Å². The molecule has 1 heterocycles. The van der Waals surface area contributed by atoms with Gasteiger partial charge in [-0.3, -0.25) is 9.48 Å². The summed E-state index contributed by atoms with van der Waals surface area (Å²) in [7, 11) is 1.87. The van der Waals surface area contributed by atoms with Gasteiger partial charge in [-0.1, -0.05) is 20.8 Å². The van der Waals surface area contributed by atoms with E-state index in [0.29, 0.717) is 25.3 Å². The quantitative estimate of drug-likeness (QED) is 0.823. The number of carbonyl (C=O) groups is 1. The smallest absolute Gasteiger partial charge is 0.138 e. The maximum Gasteiger partial charge on any atom is 0.138 e. The van der Waals surface area contributed by atoms with Crippen LogP contribution in [0.1, 0.15) is 45.7 Å². The summed E-state index contributed by atoms with van der Waals surface area (Å²) in [5, 5.41) is 4.24. The molecule has 19 heavy (non-hydrogen) atoms. The Bertz CT molecular complexity index is 404. The van der Waals surface area contributed by atoms with Gasteiger partial charge in [0.25, 0.3) is 0 Å². The van der Waals surface area contributed by atoms with Crippen molar-refractivity contribution in [2.24, 2.45) is 24.1 Å². The van der Waals surface area contributed by atoms with Crippen molar-refractivity contribution in [3.63, 3.8) is 0 Å². The van der Waals surface area contributed by atoms with Crippen molar-refractivity contribution in [3.8, 4) is 0 Å². The zero-order valence-electron chi connectivity index (χ0n) is 12.6. The number of Topliss-reactive ketones (excluding diaryl/α,β-unsaturated/α-hetero) is 1. The second-order valence-corrected chi connectivity index (χ2v) is 6.38. The molecule has 4 nitrogen and oxygen atoms in total. The third kappa shape index (κ3) is 5.55. The lowest BCUT2D eigenvalue weighted by atomic mass is 9.76. The van der Waals surface area contributed by atoms with Gasteiger partial charge in [0.15, 0.2) is 0 Å². The molecule has 0 spiro atoms. The highest BCUT2D eigenvalue weighted by atomic mass is 16.1. The van der Waals surface area contributed by atoms with E-state index < -0.39 is 0 Å². The maximum atomic E-state index is 12.0. The van der Waals surface area contributed by atoms with E-state index in [1.165, 1.54) is 0 Å². The molecule has 0 saturated heterocycles. The third-order valence-corrected chi connectivity index (χ3v) is 3.66. The molecule has 4 heteroatoms. The van der Waals surface area contributed by atoms with Crippen molar-refractivity contribution in [2.75, 3.05) is 6.54 Å². The van der Waals surface area contributed by atoms with E-state index in [2.05, 4.69) is 25.9 Å². The second kappa shape index (κ2) is 6.85. The normalized spacial score (nSPS) is 13.5. The van der Waals surface area contributed by atoms with Gasteiger partial charge in [0, 0.05) is 19.7 Å². The van der Waals surface area contributed by atoms with Crippen molar-refractivity contribution < 1.29 is 4.79 Å².